The van der Waals surface area contributed by atoms with Crippen LogP contribution in [0.3, 0.4) is 0 Å². The standard InChI is InChI=1S/C23H19NO4/c25-22(14-21-19-8-4-5-9-20(19)23(26)28-21)24-17-10-12-18(13-11-17)27-15-16-6-2-1-3-7-16/h1-13,21H,14-15H2,(H,24,25)/t21-/m0/s1. The van der Waals surface area contributed by atoms with E-state index in [1.165, 1.54) is 0 Å². The molecule has 0 saturated heterocycles. The van der Waals surface area contributed by atoms with Gasteiger partial charge >= 0.3 is 5.97 Å². The van der Waals surface area contributed by atoms with Crippen molar-refractivity contribution in [2.75, 3.05) is 5.32 Å². The SMILES string of the molecule is O=C(C[C@@H]1OC(=O)c2ccccc21)Nc1ccc(OCc2ccccc2)cc1. The molecule has 1 N–H and O–H groups in total. The first-order valence-electron chi connectivity index (χ1n) is 9.05. The lowest BCUT2D eigenvalue weighted by atomic mass is 10.0. The van der Waals surface area contributed by atoms with Crippen LogP contribution in [0.5, 0.6) is 5.75 Å². The Balaban J connectivity index is 1.32. The Labute approximate surface area is 162 Å². The van der Waals surface area contributed by atoms with Gasteiger partial charge in [-0.15, -0.1) is 0 Å². The van der Waals surface area contributed by atoms with E-state index in [0.29, 0.717) is 17.9 Å². The van der Waals surface area contributed by atoms with Crippen molar-refractivity contribution in [1.29, 1.82) is 0 Å². The molecule has 0 aromatic heterocycles. The average molecular weight is 373 g/mol. The lowest BCUT2D eigenvalue weighted by molar-refractivity contribution is -0.118. The quantitative estimate of drug-likeness (QED) is 0.646. The van der Waals surface area contributed by atoms with Gasteiger partial charge in [0.05, 0.1) is 12.0 Å². The monoisotopic (exact) mass is 373 g/mol. The predicted molar refractivity (Wildman–Crippen MR) is 105 cm³/mol. The van der Waals surface area contributed by atoms with Crippen LogP contribution in [0.25, 0.3) is 0 Å². The molecule has 3 aromatic carbocycles. The second kappa shape index (κ2) is 7.96. The Kier molecular flexibility index (Phi) is 5.06. The molecule has 0 spiro atoms. The van der Waals surface area contributed by atoms with Crippen LogP contribution in [-0.2, 0) is 16.1 Å². The zero-order valence-electron chi connectivity index (χ0n) is 15.1. The molecule has 0 aliphatic carbocycles. The third-order valence-corrected chi connectivity index (χ3v) is 4.53. The van der Waals surface area contributed by atoms with Gasteiger partial charge in [-0.2, -0.15) is 0 Å². The number of anilines is 1. The molecule has 28 heavy (non-hydrogen) atoms. The molecule has 5 heteroatoms. The summed E-state index contributed by atoms with van der Waals surface area (Å²) in [5, 5.41) is 2.83. The van der Waals surface area contributed by atoms with E-state index < -0.39 is 6.10 Å². The molecule has 1 amide bonds. The zero-order chi connectivity index (χ0) is 19.3. The Morgan fingerprint density at radius 2 is 1.64 bits per heavy atom. The van der Waals surface area contributed by atoms with Gasteiger partial charge in [0.2, 0.25) is 5.91 Å². The molecular formula is C23H19NO4. The van der Waals surface area contributed by atoms with Crippen LogP contribution in [0.2, 0.25) is 0 Å². The maximum atomic E-state index is 12.3. The van der Waals surface area contributed by atoms with Gasteiger partial charge in [0.1, 0.15) is 18.5 Å². The fraction of sp³-hybridized carbons (Fsp3) is 0.130. The molecule has 1 aliphatic heterocycles. The first-order valence-corrected chi connectivity index (χ1v) is 9.05. The van der Waals surface area contributed by atoms with Crippen molar-refractivity contribution in [3.05, 3.63) is 95.6 Å². The molecule has 1 heterocycles. The van der Waals surface area contributed by atoms with Crippen molar-refractivity contribution in [1.82, 2.24) is 0 Å². The summed E-state index contributed by atoms with van der Waals surface area (Å²) < 4.78 is 11.1. The molecule has 0 saturated carbocycles. The predicted octanol–water partition coefficient (Wildman–Crippen LogP) is 4.51. The third kappa shape index (κ3) is 4.04. The van der Waals surface area contributed by atoms with Gasteiger partial charge in [-0.3, -0.25) is 4.79 Å². The lowest BCUT2D eigenvalue weighted by Crippen LogP contribution is -2.15. The van der Waals surface area contributed by atoms with Gasteiger partial charge in [0.15, 0.2) is 0 Å². The highest BCUT2D eigenvalue weighted by Crippen LogP contribution is 2.33. The highest BCUT2D eigenvalue weighted by Gasteiger charge is 2.31. The number of carbonyl (C=O) groups is 2. The van der Waals surface area contributed by atoms with E-state index in [4.69, 9.17) is 9.47 Å². The number of benzene rings is 3. The molecule has 0 bridgehead atoms. The Hall–Kier alpha value is -3.60. The molecular weight excluding hydrogens is 354 g/mol. The van der Waals surface area contributed by atoms with Crippen molar-refractivity contribution < 1.29 is 19.1 Å². The van der Waals surface area contributed by atoms with Crippen molar-refractivity contribution in [3.8, 4) is 5.75 Å². The molecule has 1 atom stereocenters. The number of nitrogens with one attached hydrogen (secondary N) is 1. The van der Waals surface area contributed by atoms with Crippen LogP contribution in [0.1, 0.15) is 34.0 Å². The molecule has 0 unspecified atom stereocenters. The van der Waals surface area contributed by atoms with E-state index >= 15 is 0 Å². The Morgan fingerprint density at radius 3 is 2.43 bits per heavy atom. The number of carbonyl (C=O) groups excluding carboxylic acids is 2. The van der Waals surface area contributed by atoms with E-state index in [1.54, 1.807) is 24.3 Å². The van der Waals surface area contributed by atoms with Crippen LogP contribution in [-0.4, -0.2) is 11.9 Å². The minimum absolute atomic E-state index is 0.0784. The van der Waals surface area contributed by atoms with Gasteiger partial charge < -0.3 is 14.8 Å². The zero-order valence-corrected chi connectivity index (χ0v) is 15.1. The second-order valence-corrected chi connectivity index (χ2v) is 6.53. The summed E-state index contributed by atoms with van der Waals surface area (Å²) in [6.45, 7) is 0.485. The van der Waals surface area contributed by atoms with E-state index in [9.17, 15) is 9.59 Å². The third-order valence-electron chi connectivity index (χ3n) is 4.53. The van der Waals surface area contributed by atoms with E-state index in [-0.39, 0.29) is 18.3 Å². The molecule has 1 aliphatic rings. The van der Waals surface area contributed by atoms with E-state index in [2.05, 4.69) is 5.32 Å². The first-order chi connectivity index (χ1) is 13.7. The molecule has 4 rings (SSSR count). The average Bonchev–Trinajstić information content (AvgIpc) is 3.04. The normalized spacial score (nSPS) is 14.9. The summed E-state index contributed by atoms with van der Waals surface area (Å²) >= 11 is 0. The van der Waals surface area contributed by atoms with Crippen LogP contribution in [0.4, 0.5) is 5.69 Å². The van der Waals surface area contributed by atoms with Crippen LogP contribution >= 0.6 is 0 Å². The molecule has 0 fully saturated rings. The largest absolute Gasteiger partial charge is 0.489 e. The van der Waals surface area contributed by atoms with Gasteiger partial charge in [-0.25, -0.2) is 4.79 Å². The summed E-state index contributed by atoms with van der Waals surface area (Å²) in [6.07, 6.45) is -0.466. The van der Waals surface area contributed by atoms with Gasteiger partial charge in [0, 0.05) is 11.3 Å². The minimum atomic E-state index is -0.544. The molecule has 5 nitrogen and oxygen atoms in total. The topological polar surface area (TPSA) is 64.6 Å². The van der Waals surface area contributed by atoms with Crippen LogP contribution in [0, 0.1) is 0 Å². The summed E-state index contributed by atoms with van der Waals surface area (Å²) in [4.78, 5) is 24.2. The van der Waals surface area contributed by atoms with Crippen molar-refractivity contribution in [2.24, 2.45) is 0 Å². The van der Waals surface area contributed by atoms with Crippen molar-refractivity contribution >= 4 is 17.6 Å². The number of cyclic esters (lactones) is 1. The number of hydrogen-bond donors (Lipinski definition) is 1. The van der Waals surface area contributed by atoms with Crippen LogP contribution in [0.15, 0.2) is 78.9 Å². The maximum Gasteiger partial charge on any atom is 0.339 e. The smallest absolute Gasteiger partial charge is 0.339 e. The van der Waals surface area contributed by atoms with Gasteiger partial charge in [0.25, 0.3) is 0 Å². The number of esters is 1. The van der Waals surface area contributed by atoms with E-state index in [0.717, 1.165) is 16.9 Å². The van der Waals surface area contributed by atoms with E-state index in [1.807, 2.05) is 54.6 Å². The number of rotatable bonds is 6. The van der Waals surface area contributed by atoms with Crippen molar-refractivity contribution in [2.45, 2.75) is 19.1 Å². The highest BCUT2D eigenvalue weighted by molar-refractivity contribution is 5.96. The Morgan fingerprint density at radius 1 is 0.929 bits per heavy atom. The summed E-state index contributed by atoms with van der Waals surface area (Å²) in [7, 11) is 0. The van der Waals surface area contributed by atoms with Crippen molar-refractivity contribution in [3.63, 3.8) is 0 Å². The number of fused-ring (bicyclic) bond motifs is 1. The fourth-order valence-corrected chi connectivity index (χ4v) is 3.13. The van der Waals surface area contributed by atoms with Crippen LogP contribution < -0.4 is 10.1 Å². The number of ether oxygens (including phenoxy) is 2. The molecule has 0 radical (unpaired) electrons. The van der Waals surface area contributed by atoms with Gasteiger partial charge in [-0.05, 0) is 35.9 Å². The highest BCUT2D eigenvalue weighted by atomic mass is 16.5. The first kappa shape index (κ1) is 17.8. The number of hydrogen-bond acceptors (Lipinski definition) is 4. The molecule has 140 valence electrons. The second-order valence-electron chi connectivity index (χ2n) is 6.53. The number of amides is 1. The molecule has 3 aromatic rings. The summed E-state index contributed by atoms with van der Waals surface area (Å²) in [5.74, 6) is 0.126. The fourth-order valence-electron chi connectivity index (χ4n) is 3.13. The summed E-state index contributed by atoms with van der Waals surface area (Å²) in [6, 6.07) is 24.2. The maximum absolute atomic E-state index is 12.3. The minimum Gasteiger partial charge on any atom is -0.489 e. The lowest BCUT2D eigenvalue weighted by Gasteiger charge is -2.12. The Bertz CT molecular complexity index is 983. The van der Waals surface area contributed by atoms with Gasteiger partial charge in [-0.1, -0.05) is 48.5 Å². The summed E-state index contributed by atoms with van der Waals surface area (Å²) in [5.41, 5.74) is 3.04.